The Kier molecular flexibility index (Phi) is 9.28. The minimum absolute atomic E-state index is 0.0411. The molecule has 2 aromatic carbocycles. The summed E-state index contributed by atoms with van der Waals surface area (Å²) in [5.41, 5.74) is 7.93. The van der Waals surface area contributed by atoms with Crippen LogP contribution in [0.2, 0.25) is 0 Å². The van der Waals surface area contributed by atoms with Crippen LogP contribution in [-0.2, 0) is 28.8 Å². The van der Waals surface area contributed by atoms with Gasteiger partial charge >= 0.3 is 0 Å². The number of aromatic nitrogens is 2. The van der Waals surface area contributed by atoms with Crippen LogP contribution < -0.4 is 15.5 Å². The Morgan fingerprint density at radius 1 is 1.02 bits per heavy atom. The number of nitrogens with zero attached hydrogens (tertiary/aromatic N) is 3. The van der Waals surface area contributed by atoms with Gasteiger partial charge in [0.05, 0.1) is 12.1 Å². The van der Waals surface area contributed by atoms with Gasteiger partial charge in [0, 0.05) is 31.7 Å². The maximum absolute atomic E-state index is 14.4. The van der Waals surface area contributed by atoms with Gasteiger partial charge < -0.3 is 20.1 Å². The minimum Gasteiger partial charge on any atom is -0.612 e. The summed E-state index contributed by atoms with van der Waals surface area (Å²) in [6.45, 7) is 2.00. The number of allylic oxidation sites excluding steroid dienone is 2. The van der Waals surface area contributed by atoms with Crippen LogP contribution in [0.1, 0.15) is 79.8 Å². The Bertz CT molecular complexity index is 1640. The summed E-state index contributed by atoms with van der Waals surface area (Å²) in [7, 11) is 4.08. The molecule has 1 amide bonds. The first kappa shape index (κ1) is 31.3. The highest BCUT2D eigenvalue weighted by atomic mass is 32.2. The Morgan fingerprint density at radius 3 is 2.44 bits per heavy atom. The van der Waals surface area contributed by atoms with E-state index in [4.69, 9.17) is 9.97 Å². The molecule has 45 heavy (non-hydrogen) atoms. The highest BCUT2D eigenvalue weighted by Crippen LogP contribution is 2.44. The summed E-state index contributed by atoms with van der Waals surface area (Å²) in [6, 6.07) is 12.8. The van der Waals surface area contributed by atoms with Gasteiger partial charge in [0.1, 0.15) is 17.9 Å². The molecule has 3 aliphatic carbocycles. The average Bonchev–Trinajstić information content (AvgIpc) is 3.26. The molecule has 0 spiro atoms. The molecule has 1 atom stereocenters. The SMILES string of the molecule is CC1=C(CC(=O)N[C@H]2CC[C@@H](Nc3nc4c(c(N(C)C)n3)CCCC4)CC2)c2cc(F)ccc2/C1=C/c1ccc([S+](C)[O-])cc1. The van der Waals surface area contributed by atoms with Crippen molar-refractivity contribution in [2.24, 2.45) is 0 Å². The van der Waals surface area contributed by atoms with Gasteiger partial charge in [-0.25, -0.2) is 9.37 Å². The van der Waals surface area contributed by atoms with E-state index >= 15 is 0 Å². The van der Waals surface area contributed by atoms with Gasteiger partial charge in [-0.1, -0.05) is 6.07 Å². The zero-order chi connectivity index (χ0) is 31.7. The molecule has 236 valence electrons. The molecule has 2 N–H and O–H groups in total. The number of carbonyl (C=O) groups excluding carboxylic acids is 1. The standard InChI is InChI=1S/C36H42FN5O2S/c1-22-30(19-23-9-16-27(17-10-23)45(4)44)28-18-11-24(37)20-32(28)31(22)21-34(43)38-25-12-14-26(15-13-25)39-36-40-33-8-6-5-7-29(33)35(41-36)42(2)3/h9-11,16-20,25-26H,5-8,12-15,21H2,1-4H3,(H,38,43)(H,39,40,41)/b30-19+/t25-,26+,45?. The highest BCUT2D eigenvalue weighted by molar-refractivity contribution is 7.90. The van der Waals surface area contributed by atoms with Gasteiger partial charge in [-0.05, 0) is 145 Å². The molecule has 0 radical (unpaired) electrons. The van der Waals surface area contributed by atoms with E-state index in [0.717, 1.165) is 82.6 Å². The predicted molar refractivity (Wildman–Crippen MR) is 181 cm³/mol. The molecule has 0 saturated heterocycles. The fraction of sp³-hybridized carbons (Fsp3) is 0.417. The van der Waals surface area contributed by atoms with E-state index < -0.39 is 11.2 Å². The molecule has 1 saturated carbocycles. The number of hydrogen-bond donors (Lipinski definition) is 2. The smallest absolute Gasteiger partial charge is 0.225 e. The van der Waals surface area contributed by atoms with E-state index in [1.165, 1.54) is 36.2 Å². The zero-order valence-corrected chi connectivity index (χ0v) is 27.4. The third-order valence-corrected chi connectivity index (χ3v) is 10.3. The van der Waals surface area contributed by atoms with E-state index in [9.17, 15) is 13.7 Å². The first-order valence-corrected chi connectivity index (χ1v) is 17.5. The van der Waals surface area contributed by atoms with Crippen molar-refractivity contribution in [1.82, 2.24) is 15.3 Å². The van der Waals surface area contributed by atoms with Crippen molar-refractivity contribution in [3.63, 3.8) is 0 Å². The highest BCUT2D eigenvalue weighted by Gasteiger charge is 2.28. The molecule has 3 aromatic rings. The molecule has 3 aliphatic rings. The van der Waals surface area contributed by atoms with Crippen LogP contribution in [-0.4, -0.2) is 52.9 Å². The Hall–Kier alpha value is -3.69. The van der Waals surface area contributed by atoms with E-state index in [2.05, 4.69) is 21.6 Å². The number of benzene rings is 2. The Morgan fingerprint density at radius 2 is 1.73 bits per heavy atom. The lowest BCUT2D eigenvalue weighted by Crippen LogP contribution is -2.40. The minimum atomic E-state index is -1.04. The maximum atomic E-state index is 14.4. The number of carbonyl (C=O) groups is 1. The number of hydrogen-bond acceptors (Lipinski definition) is 6. The van der Waals surface area contributed by atoms with Gasteiger partial charge in [-0.15, -0.1) is 0 Å². The molecular formula is C36H42FN5O2S. The Balaban J connectivity index is 1.10. The molecular weight excluding hydrogens is 585 g/mol. The zero-order valence-electron chi connectivity index (χ0n) is 26.6. The van der Waals surface area contributed by atoms with Crippen molar-refractivity contribution in [3.8, 4) is 0 Å². The molecule has 6 rings (SSSR count). The summed E-state index contributed by atoms with van der Waals surface area (Å²) >= 11 is -1.04. The van der Waals surface area contributed by atoms with Crippen LogP contribution in [0.4, 0.5) is 16.2 Å². The molecule has 0 aliphatic heterocycles. The molecule has 1 aromatic heterocycles. The summed E-state index contributed by atoms with van der Waals surface area (Å²) < 4.78 is 26.2. The van der Waals surface area contributed by atoms with Crippen molar-refractivity contribution >= 4 is 46.1 Å². The summed E-state index contributed by atoms with van der Waals surface area (Å²) in [6.07, 6.45) is 11.9. The first-order chi connectivity index (χ1) is 21.7. The van der Waals surface area contributed by atoms with Crippen LogP contribution in [0.3, 0.4) is 0 Å². The number of nitrogens with one attached hydrogen (secondary N) is 2. The normalized spacial score (nSPS) is 20.9. The van der Waals surface area contributed by atoms with E-state index in [-0.39, 0.29) is 30.2 Å². The van der Waals surface area contributed by atoms with Crippen molar-refractivity contribution < 1.29 is 13.7 Å². The fourth-order valence-corrected chi connectivity index (χ4v) is 7.44. The number of anilines is 2. The fourth-order valence-electron chi connectivity index (χ4n) is 6.92. The van der Waals surface area contributed by atoms with E-state index in [1.54, 1.807) is 12.3 Å². The topological polar surface area (TPSA) is 93.2 Å². The van der Waals surface area contributed by atoms with Crippen LogP contribution >= 0.6 is 0 Å². The van der Waals surface area contributed by atoms with E-state index in [0.29, 0.717) is 5.95 Å². The van der Waals surface area contributed by atoms with Gasteiger partial charge in [0.2, 0.25) is 11.9 Å². The second-order valence-corrected chi connectivity index (χ2v) is 14.1. The number of rotatable bonds is 8. The van der Waals surface area contributed by atoms with Gasteiger partial charge in [-0.3, -0.25) is 4.79 Å². The van der Waals surface area contributed by atoms with Gasteiger partial charge in [0.15, 0.2) is 4.90 Å². The van der Waals surface area contributed by atoms with Crippen molar-refractivity contribution in [1.29, 1.82) is 0 Å². The van der Waals surface area contributed by atoms with Crippen molar-refractivity contribution in [2.75, 3.05) is 30.6 Å². The third-order valence-electron chi connectivity index (χ3n) is 9.32. The molecule has 0 bridgehead atoms. The number of halogens is 1. The molecule has 7 nitrogen and oxygen atoms in total. The molecule has 9 heteroatoms. The van der Waals surface area contributed by atoms with Gasteiger partial charge in [-0.2, -0.15) is 4.98 Å². The summed E-state index contributed by atoms with van der Waals surface area (Å²) in [5, 5.41) is 6.85. The molecule has 1 heterocycles. The predicted octanol–water partition coefficient (Wildman–Crippen LogP) is 6.56. The summed E-state index contributed by atoms with van der Waals surface area (Å²) in [5.74, 6) is 1.37. The van der Waals surface area contributed by atoms with Crippen LogP contribution in [0.15, 0.2) is 52.9 Å². The van der Waals surface area contributed by atoms with Crippen LogP contribution in [0.25, 0.3) is 17.2 Å². The monoisotopic (exact) mass is 627 g/mol. The van der Waals surface area contributed by atoms with Crippen molar-refractivity contribution in [2.45, 2.75) is 81.7 Å². The lowest BCUT2D eigenvalue weighted by Gasteiger charge is -2.30. The summed E-state index contributed by atoms with van der Waals surface area (Å²) in [4.78, 5) is 26.0. The number of amides is 1. The quantitative estimate of drug-likeness (QED) is 0.275. The van der Waals surface area contributed by atoms with Crippen LogP contribution in [0, 0.1) is 5.82 Å². The second kappa shape index (κ2) is 13.3. The molecule has 1 unspecified atom stereocenters. The molecule has 1 fully saturated rings. The first-order valence-electron chi connectivity index (χ1n) is 15.9. The van der Waals surface area contributed by atoms with E-state index in [1.807, 2.05) is 45.3 Å². The third kappa shape index (κ3) is 6.94. The van der Waals surface area contributed by atoms with Crippen molar-refractivity contribution in [3.05, 3.63) is 81.8 Å². The number of fused-ring (bicyclic) bond motifs is 2. The lowest BCUT2D eigenvalue weighted by atomic mass is 9.91. The van der Waals surface area contributed by atoms with Crippen LogP contribution in [0.5, 0.6) is 0 Å². The Labute approximate surface area is 268 Å². The maximum Gasteiger partial charge on any atom is 0.225 e. The lowest BCUT2D eigenvalue weighted by molar-refractivity contribution is -0.121. The largest absolute Gasteiger partial charge is 0.612 e. The second-order valence-electron chi connectivity index (χ2n) is 12.7. The number of aryl methyl sites for hydroxylation is 1. The van der Waals surface area contributed by atoms with Gasteiger partial charge in [0.25, 0.3) is 0 Å². The average molecular weight is 628 g/mol.